The lowest BCUT2D eigenvalue weighted by Crippen LogP contribution is -2.25. The van der Waals surface area contributed by atoms with Gasteiger partial charge in [0, 0.05) is 11.3 Å². The van der Waals surface area contributed by atoms with Crippen LogP contribution in [0.4, 0.5) is 0 Å². The van der Waals surface area contributed by atoms with Crippen LogP contribution in [0, 0.1) is 29.6 Å². The Balaban J connectivity index is 1.94. The van der Waals surface area contributed by atoms with Gasteiger partial charge in [0.05, 0.1) is 0 Å². The van der Waals surface area contributed by atoms with Gasteiger partial charge in [-0.15, -0.1) is 11.6 Å². The van der Waals surface area contributed by atoms with Crippen molar-refractivity contribution < 1.29 is 0 Å². The van der Waals surface area contributed by atoms with Gasteiger partial charge in [-0.1, -0.05) is 34.8 Å². The van der Waals surface area contributed by atoms with Gasteiger partial charge < -0.3 is 0 Å². The lowest BCUT2D eigenvalue weighted by Gasteiger charge is -2.24. The predicted molar refractivity (Wildman–Crippen MR) is 52.0 cm³/mol. The van der Waals surface area contributed by atoms with Crippen molar-refractivity contribution in [1.82, 2.24) is 0 Å². The molecule has 0 heterocycles. The van der Waals surface area contributed by atoms with Gasteiger partial charge >= 0.3 is 0 Å². The quantitative estimate of drug-likeness (QED) is 0.574. The molecule has 0 aromatic rings. The highest BCUT2D eigenvalue weighted by Gasteiger charge is 2.76. The van der Waals surface area contributed by atoms with Crippen molar-refractivity contribution in [3.8, 4) is 0 Å². The molecule has 4 bridgehead atoms. The molecule has 4 rings (SSSR count). The van der Waals surface area contributed by atoms with Gasteiger partial charge in [-0.3, -0.25) is 0 Å². The summed E-state index contributed by atoms with van der Waals surface area (Å²) < 4.78 is -1.08. The highest BCUT2D eigenvalue weighted by atomic mass is 35.6. The van der Waals surface area contributed by atoms with E-state index >= 15 is 0 Å². The third-order valence-electron chi connectivity index (χ3n) is 3.87. The van der Waals surface area contributed by atoms with Crippen LogP contribution in [0.5, 0.6) is 0 Å². The first-order chi connectivity index (χ1) is 5.52. The molecule has 2 unspecified atom stereocenters. The van der Waals surface area contributed by atoms with Crippen molar-refractivity contribution >= 4 is 46.4 Å². The number of rotatable bonds is 0. The first-order valence-electron chi connectivity index (χ1n) is 4.22. The number of hydrogen-bond donors (Lipinski definition) is 0. The molecular weight excluding hydrogens is 238 g/mol. The van der Waals surface area contributed by atoms with Crippen LogP contribution < -0.4 is 0 Å². The Kier molecular flexibility index (Phi) is 1.56. The highest BCUT2D eigenvalue weighted by Crippen LogP contribution is 2.77. The number of hydrogen-bond acceptors (Lipinski definition) is 0. The molecule has 68 valence electrons. The van der Waals surface area contributed by atoms with E-state index in [1.807, 2.05) is 0 Å². The third-order valence-corrected chi connectivity index (χ3v) is 5.24. The summed E-state index contributed by atoms with van der Waals surface area (Å²) in [5.41, 5.74) is 0. The second kappa shape index (κ2) is 2.21. The van der Waals surface area contributed by atoms with E-state index in [-0.39, 0.29) is 5.92 Å². The fourth-order valence-corrected chi connectivity index (χ4v) is 5.05. The Hall–Kier alpha value is 1.16. The van der Waals surface area contributed by atoms with Crippen molar-refractivity contribution in [3.05, 3.63) is 0 Å². The van der Waals surface area contributed by atoms with Gasteiger partial charge in [-0.05, 0) is 30.1 Å². The summed E-state index contributed by atoms with van der Waals surface area (Å²) in [6.07, 6.45) is 1.20. The van der Waals surface area contributed by atoms with Crippen LogP contribution in [0.3, 0.4) is 0 Å². The van der Waals surface area contributed by atoms with Gasteiger partial charge in [-0.25, -0.2) is 0 Å². The molecule has 4 heteroatoms. The molecule has 0 radical (unpaired) electrons. The molecule has 0 saturated heterocycles. The first kappa shape index (κ1) is 8.47. The summed E-state index contributed by atoms with van der Waals surface area (Å²) in [5.74, 6) is 2.81. The molecular formula is C8H8Cl4. The van der Waals surface area contributed by atoms with Crippen molar-refractivity contribution in [2.45, 2.75) is 15.6 Å². The molecule has 0 aliphatic heterocycles. The molecule has 0 amide bonds. The summed E-state index contributed by atoms with van der Waals surface area (Å²) in [4.78, 5) is 0. The maximum Gasteiger partial charge on any atom is 0.193 e. The van der Waals surface area contributed by atoms with Crippen molar-refractivity contribution in [2.24, 2.45) is 29.6 Å². The van der Waals surface area contributed by atoms with Crippen LogP contribution in [0.2, 0.25) is 0 Å². The van der Waals surface area contributed by atoms with E-state index in [2.05, 4.69) is 0 Å². The topological polar surface area (TPSA) is 0 Å². The molecule has 0 nitrogen and oxygen atoms in total. The minimum atomic E-state index is -1.08. The van der Waals surface area contributed by atoms with Gasteiger partial charge in [0.25, 0.3) is 0 Å². The molecule has 4 saturated carbocycles. The van der Waals surface area contributed by atoms with Crippen LogP contribution in [0.25, 0.3) is 0 Å². The average molecular weight is 246 g/mol. The Bertz CT molecular complexity index is 234. The van der Waals surface area contributed by atoms with Gasteiger partial charge in [0.2, 0.25) is 0 Å². The fourth-order valence-electron chi connectivity index (χ4n) is 3.52. The van der Waals surface area contributed by atoms with Crippen LogP contribution >= 0.6 is 46.4 Å². The SMILES string of the molecule is Cl[C@@H]1C2C3[C@H]2C[C@H]1[C@H]3C(Cl)(Cl)Cl. The Morgan fingerprint density at radius 1 is 1.00 bits per heavy atom. The largest absolute Gasteiger partial charge is 0.193 e. The Morgan fingerprint density at radius 3 is 1.83 bits per heavy atom. The second-order valence-corrected chi connectivity index (χ2v) is 7.10. The molecule has 4 aliphatic rings. The predicted octanol–water partition coefficient (Wildman–Crippen LogP) is 3.48. The Morgan fingerprint density at radius 2 is 1.67 bits per heavy atom. The minimum absolute atomic E-state index is 0.236. The van der Waals surface area contributed by atoms with Gasteiger partial charge in [0.15, 0.2) is 3.79 Å². The zero-order valence-electron chi connectivity index (χ0n) is 6.18. The molecule has 4 fully saturated rings. The van der Waals surface area contributed by atoms with Gasteiger partial charge in [-0.2, -0.15) is 0 Å². The standard InChI is InChI=1S/C8H8Cl4/c9-7-3-1-2-4(5(2)7)6(3)8(10,11)12/h2-7H,1H2/t2-,3+,4?,5?,6-,7+/m1/s1. The third kappa shape index (κ3) is 0.834. The van der Waals surface area contributed by atoms with E-state index in [9.17, 15) is 0 Å². The summed E-state index contributed by atoms with van der Waals surface area (Å²) in [7, 11) is 0. The zero-order valence-corrected chi connectivity index (χ0v) is 9.21. The van der Waals surface area contributed by atoms with Crippen LogP contribution in [-0.2, 0) is 0 Å². The van der Waals surface area contributed by atoms with Crippen molar-refractivity contribution in [3.63, 3.8) is 0 Å². The maximum atomic E-state index is 6.22. The summed E-state index contributed by atoms with van der Waals surface area (Å²) >= 11 is 24.0. The monoisotopic (exact) mass is 244 g/mol. The van der Waals surface area contributed by atoms with E-state index in [4.69, 9.17) is 46.4 Å². The Labute approximate surface area is 91.5 Å². The highest BCUT2D eigenvalue weighted by molar-refractivity contribution is 6.67. The van der Waals surface area contributed by atoms with Crippen molar-refractivity contribution in [2.75, 3.05) is 0 Å². The minimum Gasteiger partial charge on any atom is -0.122 e. The molecule has 0 spiro atoms. The average Bonchev–Trinajstić information content (AvgIpc) is 2.33. The molecule has 0 N–H and O–H groups in total. The van der Waals surface area contributed by atoms with E-state index in [0.717, 1.165) is 5.92 Å². The summed E-state index contributed by atoms with van der Waals surface area (Å²) in [5, 5.41) is 0.292. The van der Waals surface area contributed by atoms with E-state index in [1.165, 1.54) is 6.42 Å². The van der Waals surface area contributed by atoms with E-state index in [1.54, 1.807) is 0 Å². The smallest absolute Gasteiger partial charge is 0.122 e. The van der Waals surface area contributed by atoms with Crippen molar-refractivity contribution in [1.29, 1.82) is 0 Å². The second-order valence-electron chi connectivity index (χ2n) is 4.23. The van der Waals surface area contributed by atoms with E-state index < -0.39 is 3.79 Å². The lowest BCUT2D eigenvalue weighted by atomic mass is 10.00. The molecule has 0 aromatic heterocycles. The summed E-state index contributed by atoms with van der Waals surface area (Å²) in [6.45, 7) is 0. The number of halogens is 4. The molecule has 0 aromatic carbocycles. The maximum absolute atomic E-state index is 6.22. The lowest BCUT2D eigenvalue weighted by molar-refractivity contribution is 0.422. The normalized spacial score (nSPS) is 61.0. The molecule has 6 atom stereocenters. The first-order valence-corrected chi connectivity index (χ1v) is 5.79. The molecule has 4 aliphatic carbocycles. The summed E-state index contributed by atoms with van der Waals surface area (Å²) in [6, 6.07) is 0. The van der Waals surface area contributed by atoms with E-state index in [0.29, 0.717) is 23.1 Å². The van der Waals surface area contributed by atoms with Gasteiger partial charge in [0.1, 0.15) is 0 Å². The molecule has 12 heavy (non-hydrogen) atoms. The van der Waals surface area contributed by atoms with Crippen LogP contribution in [0.15, 0.2) is 0 Å². The zero-order chi connectivity index (χ0) is 8.67. The fraction of sp³-hybridized carbons (Fsp3) is 1.00. The number of alkyl halides is 4. The van der Waals surface area contributed by atoms with Crippen LogP contribution in [-0.4, -0.2) is 9.17 Å². The van der Waals surface area contributed by atoms with Crippen LogP contribution in [0.1, 0.15) is 6.42 Å².